The number of nitrogens with zero attached hydrogens (tertiary/aromatic N) is 1. The third-order valence-electron chi connectivity index (χ3n) is 2.00. The number of halogens is 1. The Morgan fingerprint density at radius 3 is 2.94 bits per heavy atom. The van der Waals surface area contributed by atoms with Crippen molar-refractivity contribution in [3.63, 3.8) is 0 Å². The van der Waals surface area contributed by atoms with E-state index in [1.54, 1.807) is 18.3 Å². The van der Waals surface area contributed by atoms with Gasteiger partial charge in [-0.15, -0.1) is 11.8 Å². The van der Waals surface area contributed by atoms with Gasteiger partial charge < -0.3 is 11.1 Å². The highest BCUT2D eigenvalue weighted by Crippen LogP contribution is 2.26. The zero-order valence-electron chi connectivity index (χ0n) is 9.22. The van der Waals surface area contributed by atoms with E-state index in [1.807, 2.05) is 0 Å². The second-order valence-electron chi connectivity index (χ2n) is 3.33. The van der Waals surface area contributed by atoms with Crippen LogP contribution in [0.5, 0.6) is 0 Å². The lowest BCUT2D eigenvalue weighted by Crippen LogP contribution is -2.14. The van der Waals surface area contributed by atoms with Gasteiger partial charge in [0, 0.05) is 0 Å². The van der Waals surface area contributed by atoms with Crippen LogP contribution in [0.25, 0.3) is 0 Å². The predicted molar refractivity (Wildman–Crippen MR) is 72.3 cm³/mol. The topological polar surface area (TPSA) is 68.0 Å². The Balaban J connectivity index is 1.88. The highest BCUT2D eigenvalue weighted by Gasteiger charge is 2.08. The molecule has 3 N–H and O–H groups in total. The number of nitrogens with two attached hydrogens (primary N) is 1. The molecule has 0 aliphatic heterocycles. The average molecular weight is 283 g/mol. The normalized spacial score (nSPS) is 10.3. The number of hydrogen-bond donors (Lipinski definition) is 2. The number of benzene rings is 1. The minimum atomic E-state index is -0.446. The van der Waals surface area contributed by atoms with Crippen molar-refractivity contribution in [1.29, 1.82) is 0 Å². The van der Waals surface area contributed by atoms with E-state index < -0.39 is 5.82 Å². The average Bonchev–Trinajstić information content (AvgIpc) is 2.76. The van der Waals surface area contributed by atoms with Crippen molar-refractivity contribution in [3.05, 3.63) is 36.3 Å². The smallest absolute Gasteiger partial charge is 0.234 e. The quantitative estimate of drug-likeness (QED) is 0.846. The van der Waals surface area contributed by atoms with Gasteiger partial charge in [0.1, 0.15) is 5.82 Å². The molecular weight excluding hydrogens is 273 g/mol. The van der Waals surface area contributed by atoms with Crippen LogP contribution >= 0.6 is 23.1 Å². The van der Waals surface area contributed by atoms with Crippen molar-refractivity contribution in [2.75, 3.05) is 16.8 Å². The second kappa shape index (κ2) is 5.83. The van der Waals surface area contributed by atoms with Crippen LogP contribution in [0.3, 0.4) is 0 Å². The summed E-state index contributed by atoms with van der Waals surface area (Å²) in [6, 6.07) is 6.05. The molecule has 2 rings (SSSR count). The molecular formula is C11H10FN3OS2. The number of thiazole rings is 1. The molecule has 2 aromatic rings. The second-order valence-corrected chi connectivity index (χ2v) is 5.67. The number of para-hydroxylation sites is 1. The number of anilines is 2. The van der Waals surface area contributed by atoms with Crippen LogP contribution < -0.4 is 11.1 Å². The van der Waals surface area contributed by atoms with Crippen LogP contribution in [0.4, 0.5) is 15.2 Å². The lowest BCUT2D eigenvalue weighted by Gasteiger charge is -2.04. The Bertz CT molecular complexity index is 559. The van der Waals surface area contributed by atoms with E-state index in [0.717, 1.165) is 4.21 Å². The molecule has 0 saturated carbocycles. The summed E-state index contributed by atoms with van der Waals surface area (Å²) in [5.74, 6) is -0.523. The van der Waals surface area contributed by atoms with Crippen LogP contribution in [0.1, 0.15) is 0 Å². The third-order valence-corrected chi connectivity index (χ3v) is 4.02. The monoisotopic (exact) mass is 283 g/mol. The Hall–Kier alpha value is -1.60. The van der Waals surface area contributed by atoms with Gasteiger partial charge >= 0.3 is 0 Å². The maximum atomic E-state index is 13.3. The maximum absolute atomic E-state index is 13.3. The van der Waals surface area contributed by atoms with Gasteiger partial charge in [-0.2, -0.15) is 0 Å². The number of nitrogens with one attached hydrogen (secondary N) is 1. The molecule has 0 atom stereocenters. The van der Waals surface area contributed by atoms with E-state index in [4.69, 9.17) is 5.73 Å². The molecule has 0 radical (unpaired) electrons. The highest BCUT2D eigenvalue weighted by atomic mass is 32.2. The molecule has 94 valence electrons. The molecule has 0 bridgehead atoms. The molecule has 1 heterocycles. The Morgan fingerprint density at radius 2 is 2.28 bits per heavy atom. The van der Waals surface area contributed by atoms with Crippen LogP contribution in [0.2, 0.25) is 0 Å². The largest absolute Gasteiger partial charge is 0.375 e. The first-order valence-corrected chi connectivity index (χ1v) is 6.84. The SMILES string of the molecule is Nc1ncc(SCC(=O)Nc2ccccc2F)s1. The number of thioether (sulfide) groups is 1. The first-order valence-electron chi connectivity index (χ1n) is 5.03. The van der Waals surface area contributed by atoms with Crippen LogP contribution in [-0.4, -0.2) is 16.6 Å². The summed E-state index contributed by atoms with van der Waals surface area (Å²) in [7, 11) is 0. The minimum Gasteiger partial charge on any atom is -0.375 e. The Labute approximate surface area is 111 Å². The van der Waals surface area contributed by atoms with Crippen LogP contribution in [0.15, 0.2) is 34.7 Å². The summed E-state index contributed by atoms with van der Waals surface area (Å²) in [6.07, 6.45) is 1.61. The number of aromatic nitrogens is 1. The summed E-state index contributed by atoms with van der Waals surface area (Å²) in [5, 5.41) is 2.97. The number of carbonyl (C=O) groups excluding carboxylic acids is 1. The zero-order chi connectivity index (χ0) is 13.0. The molecule has 0 saturated heterocycles. The van der Waals surface area contributed by atoms with Crippen molar-refractivity contribution in [2.45, 2.75) is 4.21 Å². The van der Waals surface area contributed by atoms with E-state index in [0.29, 0.717) is 5.13 Å². The van der Waals surface area contributed by atoms with Gasteiger partial charge in [0.2, 0.25) is 5.91 Å². The lowest BCUT2D eigenvalue weighted by atomic mass is 10.3. The molecule has 18 heavy (non-hydrogen) atoms. The first-order chi connectivity index (χ1) is 8.65. The van der Waals surface area contributed by atoms with Gasteiger partial charge in [-0.1, -0.05) is 23.5 Å². The van der Waals surface area contributed by atoms with Crippen LogP contribution in [0, 0.1) is 5.82 Å². The summed E-state index contributed by atoms with van der Waals surface area (Å²) in [6.45, 7) is 0. The van der Waals surface area contributed by atoms with E-state index >= 15 is 0 Å². The van der Waals surface area contributed by atoms with E-state index in [9.17, 15) is 9.18 Å². The van der Waals surface area contributed by atoms with Gasteiger partial charge in [0.25, 0.3) is 0 Å². The van der Waals surface area contributed by atoms with Crippen LogP contribution in [-0.2, 0) is 4.79 Å². The van der Waals surface area contributed by atoms with Crippen molar-refractivity contribution in [1.82, 2.24) is 4.98 Å². The molecule has 0 unspecified atom stereocenters. The molecule has 0 fully saturated rings. The fraction of sp³-hybridized carbons (Fsp3) is 0.0909. The molecule has 1 amide bonds. The maximum Gasteiger partial charge on any atom is 0.234 e. The van der Waals surface area contributed by atoms with Gasteiger partial charge in [-0.25, -0.2) is 9.37 Å². The zero-order valence-corrected chi connectivity index (χ0v) is 10.9. The molecule has 0 spiro atoms. The third kappa shape index (κ3) is 3.44. The van der Waals surface area contributed by atoms with Crippen molar-refractivity contribution in [2.24, 2.45) is 0 Å². The minimum absolute atomic E-state index is 0.187. The Kier molecular flexibility index (Phi) is 4.16. The van der Waals surface area contributed by atoms with E-state index in [-0.39, 0.29) is 17.3 Å². The van der Waals surface area contributed by atoms with Gasteiger partial charge in [-0.3, -0.25) is 4.79 Å². The number of carbonyl (C=O) groups is 1. The lowest BCUT2D eigenvalue weighted by molar-refractivity contribution is -0.113. The summed E-state index contributed by atoms with van der Waals surface area (Å²) in [4.78, 5) is 15.5. The van der Waals surface area contributed by atoms with E-state index in [2.05, 4.69) is 10.3 Å². The Morgan fingerprint density at radius 1 is 1.50 bits per heavy atom. The summed E-state index contributed by atoms with van der Waals surface area (Å²) >= 11 is 2.63. The van der Waals surface area contributed by atoms with Gasteiger partial charge in [0.05, 0.1) is 21.8 Å². The molecule has 1 aromatic carbocycles. The fourth-order valence-electron chi connectivity index (χ4n) is 1.22. The highest BCUT2D eigenvalue weighted by molar-refractivity contribution is 8.01. The molecule has 7 heteroatoms. The van der Waals surface area contributed by atoms with Gasteiger partial charge in [-0.05, 0) is 12.1 Å². The first kappa shape index (κ1) is 12.8. The summed E-state index contributed by atoms with van der Waals surface area (Å²) < 4.78 is 14.1. The molecule has 4 nitrogen and oxygen atoms in total. The number of hydrogen-bond acceptors (Lipinski definition) is 5. The standard InChI is InChI=1S/C11H10FN3OS2/c12-7-3-1-2-4-8(7)15-9(16)6-17-10-5-14-11(13)18-10/h1-5H,6H2,(H2,13,14)(H,15,16). The fourth-order valence-corrected chi connectivity index (χ4v) is 2.78. The molecule has 0 aliphatic carbocycles. The predicted octanol–water partition coefficient (Wildman–Crippen LogP) is 2.60. The number of rotatable bonds is 4. The van der Waals surface area contributed by atoms with Crippen molar-refractivity contribution in [3.8, 4) is 0 Å². The molecule has 1 aromatic heterocycles. The molecule has 0 aliphatic rings. The van der Waals surface area contributed by atoms with E-state index in [1.165, 1.54) is 35.2 Å². The van der Waals surface area contributed by atoms with Crippen molar-refractivity contribution >= 4 is 39.8 Å². The number of amides is 1. The van der Waals surface area contributed by atoms with Crippen molar-refractivity contribution < 1.29 is 9.18 Å². The number of nitrogen functional groups attached to an aromatic ring is 1. The van der Waals surface area contributed by atoms with Gasteiger partial charge in [0.15, 0.2) is 5.13 Å². The summed E-state index contributed by atoms with van der Waals surface area (Å²) in [5.41, 5.74) is 5.66.